The molecule has 6 nitrogen and oxygen atoms in total. The van der Waals surface area contributed by atoms with Crippen molar-refractivity contribution in [1.82, 2.24) is 10.6 Å². The third-order valence-electron chi connectivity index (χ3n) is 5.05. The van der Waals surface area contributed by atoms with E-state index in [1.165, 1.54) is 19.3 Å². The normalized spacial score (nSPS) is 24.8. The minimum absolute atomic E-state index is 0. The van der Waals surface area contributed by atoms with Gasteiger partial charge in [0.2, 0.25) is 0 Å². The van der Waals surface area contributed by atoms with Gasteiger partial charge in [-0.05, 0) is 43.9 Å². The van der Waals surface area contributed by atoms with Gasteiger partial charge in [-0.25, -0.2) is 8.42 Å². The van der Waals surface area contributed by atoms with Gasteiger partial charge in [0.1, 0.15) is 0 Å². The van der Waals surface area contributed by atoms with Gasteiger partial charge in [0, 0.05) is 33.4 Å². The molecule has 0 aromatic heterocycles. The van der Waals surface area contributed by atoms with Gasteiger partial charge in [0.25, 0.3) is 0 Å². The molecular weight excluding hydrogens is 441 g/mol. The molecule has 1 atom stereocenters. The Balaban J connectivity index is 0.00000288. The number of nitrogens with one attached hydrogen (secondary N) is 2. The zero-order valence-corrected chi connectivity index (χ0v) is 18.0. The first-order chi connectivity index (χ1) is 11.0. The van der Waals surface area contributed by atoms with Gasteiger partial charge < -0.3 is 15.4 Å². The molecule has 1 aliphatic heterocycles. The smallest absolute Gasteiger partial charge is 0.191 e. The zero-order chi connectivity index (χ0) is 16.8. The highest BCUT2D eigenvalue weighted by Gasteiger charge is 2.36. The summed E-state index contributed by atoms with van der Waals surface area (Å²) in [6.45, 7) is 5.13. The molecule has 1 aliphatic carbocycles. The lowest BCUT2D eigenvalue weighted by molar-refractivity contribution is 0.0778. The van der Waals surface area contributed by atoms with Gasteiger partial charge in [-0.1, -0.05) is 6.42 Å². The van der Waals surface area contributed by atoms with Crippen molar-refractivity contribution in [2.75, 3.05) is 44.9 Å². The van der Waals surface area contributed by atoms with E-state index in [4.69, 9.17) is 9.73 Å². The van der Waals surface area contributed by atoms with Gasteiger partial charge in [-0.3, -0.25) is 4.99 Å². The number of rotatable bonds is 8. The van der Waals surface area contributed by atoms with E-state index in [1.54, 1.807) is 7.11 Å². The van der Waals surface area contributed by atoms with Gasteiger partial charge in [0.15, 0.2) is 15.8 Å². The summed E-state index contributed by atoms with van der Waals surface area (Å²) in [5.41, 5.74) is 0.301. The Morgan fingerprint density at radius 1 is 1.33 bits per heavy atom. The lowest BCUT2D eigenvalue weighted by atomic mass is 9.67. The standard InChI is InChI=1S/C16H31N3O3S.HI/c1-3-17-15(18-11-14-5-10-23(20,21)12-14)19-13-16(6-4-7-16)8-9-22-2;/h14H,3-13H2,1-2H3,(H2,17,18,19);1H. The molecule has 1 unspecified atom stereocenters. The summed E-state index contributed by atoms with van der Waals surface area (Å²) in [7, 11) is -1.06. The summed E-state index contributed by atoms with van der Waals surface area (Å²) >= 11 is 0. The van der Waals surface area contributed by atoms with E-state index in [2.05, 4.69) is 10.6 Å². The van der Waals surface area contributed by atoms with Gasteiger partial charge in [0.05, 0.1) is 11.5 Å². The van der Waals surface area contributed by atoms with E-state index < -0.39 is 9.84 Å². The number of halogens is 1. The molecule has 142 valence electrons. The lowest BCUT2D eigenvalue weighted by Crippen LogP contribution is -2.42. The molecule has 2 N–H and O–H groups in total. The van der Waals surface area contributed by atoms with Crippen molar-refractivity contribution in [2.45, 2.75) is 39.0 Å². The van der Waals surface area contributed by atoms with Crippen LogP contribution in [0.25, 0.3) is 0 Å². The predicted molar refractivity (Wildman–Crippen MR) is 109 cm³/mol. The molecule has 0 aromatic rings. The average Bonchev–Trinajstić information content (AvgIpc) is 2.82. The van der Waals surface area contributed by atoms with Crippen LogP contribution in [0.15, 0.2) is 4.99 Å². The maximum atomic E-state index is 11.5. The van der Waals surface area contributed by atoms with Crippen LogP contribution in [-0.4, -0.2) is 59.2 Å². The van der Waals surface area contributed by atoms with Crippen LogP contribution in [0.2, 0.25) is 0 Å². The minimum Gasteiger partial charge on any atom is -0.385 e. The summed E-state index contributed by atoms with van der Waals surface area (Å²) in [5, 5.41) is 6.58. The second kappa shape index (κ2) is 10.2. The third kappa shape index (κ3) is 6.67. The molecule has 2 rings (SSSR count). The Morgan fingerprint density at radius 2 is 2.08 bits per heavy atom. The molecular formula is C16H32IN3O3S. The molecule has 1 heterocycles. The number of hydrogen-bond acceptors (Lipinski definition) is 4. The second-order valence-electron chi connectivity index (χ2n) is 6.94. The van der Waals surface area contributed by atoms with E-state index in [0.717, 1.165) is 38.5 Å². The van der Waals surface area contributed by atoms with Crippen LogP contribution in [0.5, 0.6) is 0 Å². The number of aliphatic imine (C=N–C) groups is 1. The largest absolute Gasteiger partial charge is 0.385 e. The Labute approximate surface area is 163 Å². The molecule has 2 aliphatic rings. The predicted octanol–water partition coefficient (Wildman–Crippen LogP) is 1.80. The average molecular weight is 473 g/mol. The van der Waals surface area contributed by atoms with Crippen LogP contribution in [0.1, 0.15) is 39.0 Å². The van der Waals surface area contributed by atoms with Crippen molar-refractivity contribution >= 4 is 39.8 Å². The van der Waals surface area contributed by atoms with Crippen molar-refractivity contribution in [2.24, 2.45) is 16.3 Å². The zero-order valence-electron chi connectivity index (χ0n) is 14.8. The first-order valence-electron chi connectivity index (χ1n) is 8.70. The number of ether oxygens (including phenoxy) is 1. The molecule has 24 heavy (non-hydrogen) atoms. The number of nitrogens with zero attached hydrogens (tertiary/aromatic N) is 1. The van der Waals surface area contributed by atoms with Crippen molar-refractivity contribution in [1.29, 1.82) is 0 Å². The van der Waals surface area contributed by atoms with Crippen LogP contribution in [0.3, 0.4) is 0 Å². The summed E-state index contributed by atoms with van der Waals surface area (Å²) in [6, 6.07) is 0. The third-order valence-corrected chi connectivity index (χ3v) is 6.89. The van der Waals surface area contributed by atoms with E-state index in [0.29, 0.717) is 23.5 Å². The fraction of sp³-hybridized carbons (Fsp3) is 0.938. The quantitative estimate of drug-likeness (QED) is 0.319. The van der Waals surface area contributed by atoms with Gasteiger partial charge in [-0.15, -0.1) is 24.0 Å². The SMILES string of the molecule is CCNC(=NCC1(CCOC)CCC1)NCC1CCS(=O)(=O)C1.I. The molecule has 0 spiro atoms. The molecule has 1 saturated heterocycles. The second-order valence-corrected chi connectivity index (χ2v) is 9.17. The molecule has 2 fully saturated rings. The van der Waals surface area contributed by atoms with Crippen LogP contribution in [0, 0.1) is 11.3 Å². The van der Waals surface area contributed by atoms with E-state index in [-0.39, 0.29) is 29.9 Å². The Bertz CT molecular complexity index is 507. The summed E-state index contributed by atoms with van der Waals surface area (Å²) in [4.78, 5) is 4.75. The fourth-order valence-electron chi connectivity index (χ4n) is 3.35. The maximum absolute atomic E-state index is 11.5. The topological polar surface area (TPSA) is 79.8 Å². The highest BCUT2D eigenvalue weighted by Crippen LogP contribution is 2.44. The van der Waals surface area contributed by atoms with Crippen molar-refractivity contribution in [3.8, 4) is 0 Å². The molecule has 0 bridgehead atoms. The van der Waals surface area contributed by atoms with E-state index >= 15 is 0 Å². The Hall–Kier alpha value is -0.0900. The highest BCUT2D eigenvalue weighted by atomic mass is 127. The molecule has 0 radical (unpaired) electrons. The molecule has 0 aromatic carbocycles. The van der Waals surface area contributed by atoms with Crippen molar-refractivity contribution < 1.29 is 13.2 Å². The minimum atomic E-state index is -2.81. The lowest BCUT2D eigenvalue weighted by Gasteiger charge is -2.40. The summed E-state index contributed by atoms with van der Waals surface area (Å²) < 4.78 is 28.3. The highest BCUT2D eigenvalue weighted by molar-refractivity contribution is 14.0. The monoisotopic (exact) mass is 473 g/mol. The van der Waals surface area contributed by atoms with Crippen molar-refractivity contribution in [3.63, 3.8) is 0 Å². The molecule has 1 saturated carbocycles. The van der Waals surface area contributed by atoms with E-state index in [9.17, 15) is 8.42 Å². The van der Waals surface area contributed by atoms with Crippen LogP contribution < -0.4 is 10.6 Å². The number of hydrogen-bond donors (Lipinski definition) is 2. The van der Waals surface area contributed by atoms with Crippen LogP contribution in [0.4, 0.5) is 0 Å². The van der Waals surface area contributed by atoms with Crippen LogP contribution >= 0.6 is 24.0 Å². The molecule has 0 amide bonds. The number of methoxy groups -OCH3 is 1. The van der Waals surface area contributed by atoms with Gasteiger partial charge >= 0.3 is 0 Å². The Morgan fingerprint density at radius 3 is 2.58 bits per heavy atom. The number of sulfone groups is 1. The van der Waals surface area contributed by atoms with E-state index in [1.807, 2.05) is 6.92 Å². The fourth-order valence-corrected chi connectivity index (χ4v) is 5.21. The van der Waals surface area contributed by atoms with Crippen LogP contribution in [-0.2, 0) is 14.6 Å². The summed E-state index contributed by atoms with van der Waals surface area (Å²) in [5.74, 6) is 1.64. The maximum Gasteiger partial charge on any atom is 0.191 e. The molecule has 8 heteroatoms. The Kier molecular flexibility index (Phi) is 9.29. The first kappa shape index (κ1) is 22.0. The van der Waals surface area contributed by atoms with Gasteiger partial charge in [-0.2, -0.15) is 0 Å². The van der Waals surface area contributed by atoms with Crippen molar-refractivity contribution in [3.05, 3.63) is 0 Å². The summed E-state index contributed by atoms with van der Waals surface area (Å²) in [6.07, 6.45) is 5.54. The number of guanidine groups is 1. The first-order valence-corrected chi connectivity index (χ1v) is 10.5.